The standard InChI is InChI=1S/C33H34ClN3O4/c1-5-21(2)41-29-20-28-27(31(38)32(29)40-4)16-19-37(30(28)22-6-10-24(34)11-7-22)26-12-8-23(9-13-26)33(39)36(3)25-14-17-35-18-15-25/h6-15,17-18,20-21,30,38H,5,16,19H2,1-4H3/t21-,30?/m1/s1. The van der Waals surface area contributed by atoms with Crippen LogP contribution in [-0.4, -0.2) is 42.8 Å². The molecule has 8 heteroatoms. The van der Waals surface area contributed by atoms with Crippen LogP contribution in [0.25, 0.3) is 0 Å². The van der Waals surface area contributed by atoms with Gasteiger partial charge in [0.15, 0.2) is 11.5 Å². The maximum absolute atomic E-state index is 13.2. The minimum absolute atomic E-state index is 0.0506. The Hall–Kier alpha value is -4.23. The summed E-state index contributed by atoms with van der Waals surface area (Å²) in [6.45, 7) is 4.69. The Morgan fingerprint density at radius 1 is 1.12 bits per heavy atom. The zero-order chi connectivity index (χ0) is 29.1. The third kappa shape index (κ3) is 5.68. The monoisotopic (exact) mass is 571 g/mol. The fraction of sp³-hybridized carbons (Fsp3) is 0.273. The maximum Gasteiger partial charge on any atom is 0.258 e. The normalized spacial score (nSPS) is 15.1. The predicted molar refractivity (Wildman–Crippen MR) is 163 cm³/mol. The van der Waals surface area contributed by atoms with Crippen molar-refractivity contribution in [3.63, 3.8) is 0 Å². The molecule has 3 aromatic carbocycles. The summed E-state index contributed by atoms with van der Waals surface area (Å²) >= 11 is 6.25. The highest BCUT2D eigenvalue weighted by Gasteiger charge is 2.34. The van der Waals surface area contributed by atoms with Crippen LogP contribution < -0.4 is 19.3 Å². The number of methoxy groups -OCH3 is 1. The van der Waals surface area contributed by atoms with Gasteiger partial charge in [0.2, 0.25) is 5.75 Å². The van der Waals surface area contributed by atoms with Crippen LogP contribution in [0.15, 0.2) is 79.1 Å². The van der Waals surface area contributed by atoms with Gasteiger partial charge in [0.05, 0.1) is 19.3 Å². The molecule has 0 radical (unpaired) electrons. The first kappa shape index (κ1) is 28.3. The summed E-state index contributed by atoms with van der Waals surface area (Å²) in [6, 6.07) is 20.8. The van der Waals surface area contributed by atoms with E-state index in [4.69, 9.17) is 21.1 Å². The van der Waals surface area contributed by atoms with E-state index in [1.807, 2.05) is 61.5 Å². The quantitative estimate of drug-likeness (QED) is 0.244. The third-order valence-corrected chi connectivity index (χ3v) is 7.91. The van der Waals surface area contributed by atoms with Gasteiger partial charge in [-0.25, -0.2) is 0 Å². The number of phenolic OH excluding ortho intramolecular Hbond substituents is 1. The van der Waals surface area contributed by atoms with Crippen molar-refractivity contribution < 1.29 is 19.4 Å². The molecule has 1 aliphatic rings. The lowest BCUT2D eigenvalue weighted by Crippen LogP contribution is -2.36. The van der Waals surface area contributed by atoms with Gasteiger partial charge in [-0.05, 0) is 85.5 Å². The SMILES string of the molecule is CC[C@@H](C)Oc1cc2c(c(O)c1OC)CCN(c1ccc(C(=O)N(C)c3ccncc3)cc1)C2c1ccc(Cl)cc1. The molecule has 1 unspecified atom stereocenters. The van der Waals surface area contributed by atoms with Crippen LogP contribution in [0.5, 0.6) is 17.2 Å². The molecule has 0 bridgehead atoms. The molecule has 1 aromatic heterocycles. The number of anilines is 2. The molecule has 212 valence electrons. The molecule has 0 saturated carbocycles. The van der Waals surface area contributed by atoms with Gasteiger partial charge < -0.3 is 24.4 Å². The van der Waals surface area contributed by atoms with E-state index in [2.05, 4.69) is 16.8 Å². The zero-order valence-electron chi connectivity index (χ0n) is 23.7. The highest BCUT2D eigenvalue weighted by atomic mass is 35.5. The summed E-state index contributed by atoms with van der Waals surface area (Å²) in [6.07, 6.45) is 4.71. The Bertz CT molecular complexity index is 1510. The number of ether oxygens (including phenoxy) is 2. The van der Waals surface area contributed by atoms with E-state index in [1.165, 1.54) is 0 Å². The van der Waals surface area contributed by atoms with Crippen LogP contribution in [0.4, 0.5) is 11.4 Å². The van der Waals surface area contributed by atoms with Gasteiger partial charge in [-0.3, -0.25) is 9.78 Å². The maximum atomic E-state index is 13.2. The van der Waals surface area contributed by atoms with Gasteiger partial charge in [0.1, 0.15) is 0 Å². The summed E-state index contributed by atoms with van der Waals surface area (Å²) in [7, 11) is 3.30. The lowest BCUT2D eigenvalue weighted by Gasteiger charge is -2.40. The van der Waals surface area contributed by atoms with Crippen molar-refractivity contribution in [1.29, 1.82) is 0 Å². The Kier molecular flexibility index (Phi) is 8.36. The molecule has 4 aromatic rings. The number of benzene rings is 3. The lowest BCUT2D eigenvalue weighted by atomic mass is 9.86. The summed E-state index contributed by atoms with van der Waals surface area (Å²) in [4.78, 5) is 21.1. The number of halogens is 1. The van der Waals surface area contributed by atoms with Gasteiger partial charge in [0, 0.05) is 53.5 Å². The number of aromatic hydroxyl groups is 1. The van der Waals surface area contributed by atoms with Gasteiger partial charge in [-0.1, -0.05) is 30.7 Å². The Morgan fingerprint density at radius 3 is 2.44 bits per heavy atom. The molecule has 2 atom stereocenters. The number of nitrogens with zero attached hydrogens (tertiary/aromatic N) is 3. The molecular weight excluding hydrogens is 538 g/mol. The first-order valence-corrected chi connectivity index (χ1v) is 14.1. The number of carbonyl (C=O) groups excluding carboxylic acids is 1. The number of amides is 1. The number of phenols is 1. The van der Waals surface area contributed by atoms with Crippen LogP contribution in [0.2, 0.25) is 5.02 Å². The van der Waals surface area contributed by atoms with E-state index in [0.717, 1.165) is 34.5 Å². The summed E-state index contributed by atoms with van der Waals surface area (Å²) in [5, 5.41) is 12.0. The molecule has 2 heterocycles. The molecule has 0 spiro atoms. The van der Waals surface area contributed by atoms with Crippen molar-refractivity contribution in [2.45, 2.75) is 38.8 Å². The smallest absolute Gasteiger partial charge is 0.258 e. The van der Waals surface area contributed by atoms with Gasteiger partial charge in [0.25, 0.3) is 5.91 Å². The van der Waals surface area contributed by atoms with Crippen LogP contribution in [-0.2, 0) is 6.42 Å². The zero-order valence-corrected chi connectivity index (χ0v) is 24.4. The fourth-order valence-electron chi connectivity index (χ4n) is 5.26. The number of rotatable bonds is 8. The molecule has 7 nitrogen and oxygen atoms in total. The largest absolute Gasteiger partial charge is 0.504 e. The topological polar surface area (TPSA) is 75.1 Å². The molecule has 0 fully saturated rings. The minimum Gasteiger partial charge on any atom is -0.504 e. The van der Waals surface area contributed by atoms with E-state index >= 15 is 0 Å². The molecule has 1 N–H and O–H groups in total. The summed E-state index contributed by atoms with van der Waals surface area (Å²) in [5.74, 6) is 0.874. The van der Waals surface area contributed by atoms with E-state index in [0.29, 0.717) is 35.1 Å². The van der Waals surface area contributed by atoms with Gasteiger partial charge in [-0.15, -0.1) is 0 Å². The number of carbonyl (C=O) groups is 1. The second-order valence-corrected chi connectivity index (χ2v) is 10.6. The molecule has 0 saturated heterocycles. The summed E-state index contributed by atoms with van der Waals surface area (Å²) < 4.78 is 11.8. The third-order valence-electron chi connectivity index (χ3n) is 7.66. The Labute approximate surface area is 245 Å². The van der Waals surface area contributed by atoms with E-state index in [1.54, 1.807) is 43.6 Å². The molecule has 1 amide bonds. The molecule has 41 heavy (non-hydrogen) atoms. The number of hydrogen-bond donors (Lipinski definition) is 1. The number of fused-ring (bicyclic) bond motifs is 1. The minimum atomic E-state index is -0.229. The van der Waals surface area contributed by atoms with Crippen molar-refractivity contribution >= 4 is 28.9 Å². The average molecular weight is 572 g/mol. The van der Waals surface area contributed by atoms with Crippen molar-refractivity contribution in [2.75, 3.05) is 30.5 Å². The van der Waals surface area contributed by atoms with E-state index < -0.39 is 0 Å². The molecule has 5 rings (SSSR count). The number of hydrogen-bond acceptors (Lipinski definition) is 6. The predicted octanol–water partition coefficient (Wildman–Crippen LogP) is 7.06. The average Bonchev–Trinajstić information content (AvgIpc) is 3.01. The van der Waals surface area contributed by atoms with E-state index in [9.17, 15) is 9.90 Å². The highest BCUT2D eigenvalue weighted by Crippen LogP contribution is 2.49. The van der Waals surface area contributed by atoms with Gasteiger partial charge >= 0.3 is 0 Å². The van der Waals surface area contributed by atoms with Crippen LogP contribution in [0.1, 0.15) is 53.4 Å². The first-order chi connectivity index (χ1) is 19.8. The second kappa shape index (κ2) is 12.1. The summed E-state index contributed by atoms with van der Waals surface area (Å²) in [5.41, 5.74) is 5.11. The van der Waals surface area contributed by atoms with Crippen molar-refractivity contribution in [2.24, 2.45) is 0 Å². The number of pyridine rings is 1. The molecule has 0 aliphatic carbocycles. The number of aromatic nitrogens is 1. The van der Waals surface area contributed by atoms with Crippen molar-refractivity contribution in [3.05, 3.63) is 106 Å². The lowest BCUT2D eigenvalue weighted by molar-refractivity contribution is 0.0993. The highest BCUT2D eigenvalue weighted by molar-refractivity contribution is 6.30. The Balaban J connectivity index is 1.55. The van der Waals surface area contributed by atoms with Crippen molar-refractivity contribution in [1.82, 2.24) is 4.98 Å². The Morgan fingerprint density at radius 2 is 1.80 bits per heavy atom. The van der Waals surface area contributed by atoms with Gasteiger partial charge in [-0.2, -0.15) is 0 Å². The van der Waals surface area contributed by atoms with E-state index in [-0.39, 0.29) is 23.8 Å². The van der Waals surface area contributed by atoms with Crippen LogP contribution in [0, 0.1) is 0 Å². The molecule has 1 aliphatic heterocycles. The van der Waals surface area contributed by atoms with Crippen molar-refractivity contribution in [3.8, 4) is 17.2 Å². The first-order valence-electron chi connectivity index (χ1n) is 13.7. The second-order valence-electron chi connectivity index (χ2n) is 10.2. The molecular formula is C33H34ClN3O4. The fourth-order valence-corrected chi connectivity index (χ4v) is 5.39. The van der Waals surface area contributed by atoms with Crippen LogP contribution in [0.3, 0.4) is 0 Å². The van der Waals surface area contributed by atoms with Crippen LogP contribution >= 0.6 is 11.6 Å².